The third-order valence-electron chi connectivity index (χ3n) is 7.57. The van der Waals surface area contributed by atoms with Gasteiger partial charge in [0.25, 0.3) is 0 Å². The molecule has 1 aliphatic heterocycles. The number of halogens is 1. The number of aromatic nitrogens is 1. The molecular formula is C35H30ClN5O3S. The summed E-state index contributed by atoms with van der Waals surface area (Å²) < 4.78 is 11.8. The van der Waals surface area contributed by atoms with Crippen LogP contribution in [0.4, 0.5) is 5.69 Å². The number of amides is 1. The largest absolute Gasteiger partial charge is 0.382 e. The average molecular weight is 636 g/mol. The van der Waals surface area contributed by atoms with Crippen molar-refractivity contribution in [3.63, 3.8) is 0 Å². The van der Waals surface area contributed by atoms with Crippen LogP contribution in [-0.2, 0) is 22.6 Å². The molecule has 8 nitrogen and oxygen atoms in total. The zero-order valence-electron chi connectivity index (χ0n) is 24.6. The first-order chi connectivity index (χ1) is 22.0. The highest BCUT2D eigenvalue weighted by Crippen LogP contribution is 2.32. The maximum absolute atomic E-state index is 13.6. The standard InChI is InChI=1S/C35H30ClN5O3S/c1-43-23-29-21-40(20-28-17-31(44-39-28)32-14-15-33(36)45-32)22-34(42)41(29)19-24-12-13-27(18-37)30(16-24)38-35(25-8-4-2-5-9-25)26-10-6-3-7-11-26/h2-17,29H,19-23H2,1H3. The van der Waals surface area contributed by atoms with Gasteiger partial charge in [0.1, 0.15) is 6.07 Å². The number of hydrogen-bond acceptors (Lipinski definition) is 8. The molecule has 226 valence electrons. The van der Waals surface area contributed by atoms with Crippen molar-refractivity contribution in [1.82, 2.24) is 15.0 Å². The SMILES string of the molecule is COCC1CN(Cc2cc(-c3ccc(Cl)s3)on2)CC(=O)N1Cc1ccc(C#N)c(N=C(c2ccccc2)c2ccccc2)c1. The van der Waals surface area contributed by atoms with Crippen molar-refractivity contribution in [2.24, 2.45) is 4.99 Å². The number of ether oxygens (including phenoxy) is 1. The Bertz CT molecular complexity index is 1810. The Morgan fingerprint density at radius 1 is 1.04 bits per heavy atom. The van der Waals surface area contributed by atoms with Gasteiger partial charge in [-0.2, -0.15) is 5.26 Å². The van der Waals surface area contributed by atoms with E-state index in [1.54, 1.807) is 13.2 Å². The summed E-state index contributed by atoms with van der Waals surface area (Å²) in [5, 5.41) is 14.2. The van der Waals surface area contributed by atoms with E-state index in [0.717, 1.165) is 33.0 Å². The fraction of sp³-hybridized carbons (Fsp3) is 0.200. The summed E-state index contributed by atoms with van der Waals surface area (Å²) in [7, 11) is 1.64. The van der Waals surface area contributed by atoms with E-state index in [1.165, 1.54) is 11.3 Å². The van der Waals surface area contributed by atoms with Crippen molar-refractivity contribution in [2.45, 2.75) is 19.1 Å². The Morgan fingerprint density at radius 2 is 1.78 bits per heavy atom. The molecule has 1 saturated heterocycles. The van der Waals surface area contributed by atoms with Crippen LogP contribution < -0.4 is 0 Å². The predicted octanol–water partition coefficient (Wildman–Crippen LogP) is 6.96. The van der Waals surface area contributed by atoms with Crippen molar-refractivity contribution in [2.75, 3.05) is 26.8 Å². The summed E-state index contributed by atoms with van der Waals surface area (Å²) in [4.78, 5) is 23.4. The highest BCUT2D eigenvalue weighted by atomic mass is 35.5. The minimum atomic E-state index is -0.175. The first kappa shape index (κ1) is 30.4. The molecule has 1 unspecified atom stereocenters. The van der Waals surface area contributed by atoms with Crippen LogP contribution in [0.5, 0.6) is 0 Å². The zero-order chi connectivity index (χ0) is 31.2. The van der Waals surface area contributed by atoms with Crippen LogP contribution in [0, 0.1) is 11.3 Å². The first-order valence-electron chi connectivity index (χ1n) is 14.5. The van der Waals surface area contributed by atoms with Gasteiger partial charge in [-0.25, -0.2) is 4.99 Å². The quantitative estimate of drug-likeness (QED) is 0.154. The molecular weight excluding hydrogens is 606 g/mol. The van der Waals surface area contributed by atoms with E-state index in [4.69, 9.17) is 25.9 Å². The molecule has 0 saturated carbocycles. The molecule has 10 heteroatoms. The van der Waals surface area contributed by atoms with Gasteiger partial charge in [0, 0.05) is 43.9 Å². The molecule has 1 atom stereocenters. The number of thiophene rings is 1. The molecule has 5 aromatic rings. The molecule has 0 aliphatic carbocycles. The van der Waals surface area contributed by atoms with Gasteiger partial charge in [-0.1, -0.05) is 83.5 Å². The van der Waals surface area contributed by atoms with Gasteiger partial charge in [0.05, 0.1) is 51.1 Å². The summed E-state index contributed by atoms with van der Waals surface area (Å²) in [6.45, 7) is 2.07. The summed E-state index contributed by atoms with van der Waals surface area (Å²) in [6.07, 6.45) is 0. The lowest BCUT2D eigenvalue weighted by molar-refractivity contribution is -0.142. The van der Waals surface area contributed by atoms with Crippen molar-refractivity contribution in [1.29, 1.82) is 5.26 Å². The van der Waals surface area contributed by atoms with E-state index in [-0.39, 0.29) is 18.5 Å². The van der Waals surface area contributed by atoms with Crippen LogP contribution in [0.15, 0.2) is 107 Å². The minimum Gasteiger partial charge on any atom is -0.382 e. The van der Waals surface area contributed by atoms with Gasteiger partial charge in [0.15, 0.2) is 5.76 Å². The van der Waals surface area contributed by atoms with Crippen molar-refractivity contribution >= 4 is 40.2 Å². The number of nitrogens with zero attached hydrogens (tertiary/aromatic N) is 5. The fourth-order valence-electron chi connectivity index (χ4n) is 5.47. The molecule has 3 aromatic carbocycles. The number of nitriles is 1. The number of methoxy groups -OCH3 is 1. The summed E-state index contributed by atoms with van der Waals surface area (Å²) in [6, 6.07) is 33.1. The molecule has 0 N–H and O–H groups in total. The molecule has 0 spiro atoms. The summed E-state index contributed by atoms with van der Waals surface area (Å²) >= 11 is 7.50. The Hall–Kier alpha value is -4.59. The lowest BCUT2D eigenvalue weighted by atomic mass is 10.0. The maximum atomic E-state index is 13.6. The van der Waals surface area contributed by atoms with Crippen LogP contribution >= 0.6 is 22.9 Å². The molecule has 45 heavy (non-hydrogen) atoms. The number of carbonyl (C=O) groups excluding carboxylic acids is 1. The number of rotatable bonds is 10. The van der Waals surface area contributed by atoms with Crippen LogP contribution in [0.25, 0.3) is 10.6 Å². The van der Waals surface area contributed by atoms with Gasteiger partial charge >= 0.3 is 0 Å². The summed E-state index contributed by atoms with van der Waals surface area (Å²) in [5.41, 5.74) is 5.31. The third kappa shape index (κ3) is 7.22. The lowest BCUT2D eigenvalue weighted by Gasteiger charge is -2.40. The van der Waals surface area contributed by atoms with E-state index >= 15 is 0 Å². The smallest absolute Gasteiger partial charge is 0.237 e. The summed E-state index contributed by atoms with van der Waals surface area (Å²) in [5.74, 6) is 0.642. The first-order valence-corrected chi connectivity index (χ1v) is 15.6. The monoisotopic (exact) mass is 635 g/mol. The number of carbonyl (C=O) groups is 1. The minimum absolute atomic E-state index is 0.0132. The highest BCUT2D eigenvalue weighted by Gasteiger charge is 2.33. The number of piperazine rings is 1. The Morgan fingerprint density at radius 3 is 2.42 bits per heavy atom. The molecule has 1 fully saturated rings. The third-order valence-corrected chi connectivity index (χ3v) is 8.82. The maximum Gasteiger partial charge on any atom is 0.237 e. The average Bonchev–Trinajstić information content (AvgIpc) is 3.71. The number of aliphatic imine (C=N–C) groups is 1. The zero-order valence-corrected chi connectivity index (χ0v) is 26.2. The Balaban J connectivity index is 1.23. The van der Waals surface area contributed by atoms with Gasteiger partial charge < -0.3 is 14.2 Å². The van der Waals surface area contributed by atoms with Crippen molar-refractivity contribution < 1.29 is 14.1 Å². The van der Waals surface area contributed by atoms with E-state index in [9.17, 15) is 10.1 Å². The van der Waals surface area contributed by atoms with E-state index in [2.05, 4.69) is 16.1 Å². The van der Waals surface area contributed by atoms with E-state index in [1.807, 2.05) is 95.9 Å². The van der Waals surface area contributed by atoms with Crippen LogP contribution in [0.3, 0.4) is 0 Å². The molecule has 1 aliphatic rings. The molecule has 6 rings (SSSR count). The van der Waals surface area contributed by atoms with Gasteiger partial charge in [-0.3, -0.25) is 9.69 Å². The predicted molar refractivity (Wildman–Crippen MR) is 176 cm³/mol. The second-order valence-corrected chi connectivity index (χ2v) is 12.5. The second-order valence-electron chi connectivity index (χ2n) is 10.7. The van der Waals surface area contributed by atoms with Crippen LogP contribution in [0.2, 0.25) is 4.34 Å². The van der Waals surface area contributed by atoms with Gasteiger partial charge in [-0.15, -0.1) is 11.3 Å². The van der Waals surface area contributed by atoms with Gasteiger partial charge in [-0.05, 0) is 29.8 Å². The van der Waals surface area contributed by atoms with E-state index < -0.39 is 0 Å². The van der Waals surface area contributed by atoms with Crippen molar-refractivity contribution in [3.8, 4) is 16.7 Å². The number of benzene rings is 3. The molecule has 1 amide bonds. The number of hydrogen-bond donors (Lipinski definition) is 0. The molecule has 3 heterocycles. The second kappa shape index (κ2) is 14.0. The molecule has 2 aromatic heterocycles. The van der Waals surface area contributed by atoms with E-state index in [0.29, 0.717) is 47.6 Å². The van der Waals surface area contributed by atoms with Gasteiger partial charge in [0.2, 0.25) is 5.91 Å². The Kier molecular flexibility index (Phi) is 9.48. The van der Waals surface area contributed by atoms with Crippen LogP contribution in [0.1, 0.15) is 27.9 Å². The highest BCUT2D eigenvalue weighted by molar-refractivity contribution is 7.19. The lowest BCUT2D eigenvalue weighted by Crippen LogP contribution is -2.57. The molecule has 0 bridgehead atoms. The molecule has 0 radical (unpaired) electrons. The normalized spacial score (nSPS) is 15.2. The van der Waals surface area contributed by atoms with Crippen LogP contribution in [-0.4, -0.2) is 59.4 Å². The Labute approximate surface area is 270 Å². The van der Waals surface area contributed by atoms with Crippen molar-refractivity contribution in [3.05, 3.63) is 129 Å². The fourth-order valence-corrected chi connectivity index (χ4v) is 6.46. The topological polar surface area (TPSA) is 95.0 Å².